The van der Waals surface area contributed by atoms with E-state index in [0.29, 0.717) is 0 Å². The van der Waals surface area contributed by atoms with Crippen LogP contribution in [0, 0.1) is 0 Å². The zero-order chi connectivity index (χ0) is 19.2. The zero-order valence-corrected chi connectivity index (χ0v) is 15.2. The molecule has 0 radical (unpaired) electrons. The smallest absolute Gasteiger partial charge is 0.349 e. The van der Waals surface area contributed by atoms with E-state index >= 15 is 0 Å². The Morgan fingerprint density at radius 3 is 2.35 bits per heavy atom. The van der Waals surface area contributed by atoms with Crippen molar-refractivity contribution in [3.05, 3.63) is 65.7 Å². The van der Waals surface area contributed by atoms with Crippen LogP contribution in [0.25, 0.3) is 0 Å². The van der Waals surface area contributed by atoms with Crippen LogP contribution in [-0.2, 0) is 20.3 Å². The molecule has 2 aromatic rings. The number of phenols is 1. The lowest BCUT2D eigenvalue weighted by Gasteiger charge is -2.27. The third kappa shape index (κ3) is 5.16. The molecule has 8 heteroatoms. The number of carbonyl (C=O) groups is 1. The summed E-state index contributed by atoms with van der Waals surface area (Å²) in [5.41, 5.74) is 0.860. The molecule has 140 valence electrons. The molecule has 0 saturated heterocycles. The zero-order valence-electron chi connectivity index (χ0n) is 14.3. The van der Waals surface area contributed by atoms with Gasteiger partial charge in [0, 0.05) is 5.56 Å². The third-order valence-corrected chi connectivity index (χ3v) is 5.52. The van der Waals surface area contributed by atoms with Crippen molar-refractivity contribution in [2.75, 3.05) is 6.61 Å². The van der Waals surface area contributed by atoms with Gasteiger partial charge in [-0.15, -0.1) is 0 Å². The highest BCUT2D eigenvalue weighted by molar-refractivity contribution is 7.53. The fourth-order valence-corrected chi connectivity index (χ4v) is 4.05. The second-order valence-corrected chi connectivity index (χ2v) is 7.59. The van der Waals surface area contributed by atoms with Crippen LogP contribution in [0.5, 0.6) is 5.75 Å². The second-order valence-electron chi connectivity index (χ2n) is 5.69. The Bertz CT molecular complexity index is 782. The molecule has 3 atom stereocenters. The predicted molar refractivity (Wildman–Crippen MR) is 97.0 cm³/mol. The SMILES string of the molecule is CCOP(=O)(O)C(N[C@@H](Cc1ccccc1)C(=O)O)c1ccccc1O. The highest BCUT2D eigenvalue weighted by Crippen LogP contribution is 2.56. The first-order chi connectivity index (χ1) is 12.3. The molecule has 0 aromatic heterocycles. The van der Waals surface area contributed by atoms with Gasteiger partial charge in [-0.2, -0.15) is 0 Å². The minimum Gasteiger partial charge on any atom is -0.508 e. The van der Waals surface area contributed by atoms with Crippen LogP contribution in [0.1, 0.15) is 23.8 Å². The van der Waals surface area contributed by atoms with Crippen molar-refractivity contribution in [2.24, 2.45) is 0 Å². The summed E-state index contributed by atoms with van der Waals surface area (Å²) in [6.07, 6.45) is 0.104. The summed E-state index contributed by atoms with van der Waals surface area (Å²) in [7, 11) is -4.28. The van der Waals surface area contributed by atoms with Crippen molar-refractivity contribution in [3.8, 4) is 5.75 Å². The van der Waals surface area contributed by atoms with E-state index in [9.17, 15) is 24.5 Å². The molecule has 0 spiro atoms. The average Bonchev–Trinajstić information content (AvgIpc) is 2.60. The maximum Gasteiger partial charge on any atom is 0.349 e. The lowest BCUT2D eigenvalue weighted by molar-refractivity contribution is -0.139. The van der Waals surface area contributed by atoms with E-state index in [4.69, 9.17) is 4.52 Å². The highest BCUT2D eigenvalue weighted by atomic mass is 31.2. The predicted octanol–water partition coefficient (Wildman–Crippen LogP) is 2.90. The van der Waals surface area contributed by atoms with Gasteiger partial charge in [0.25, 0.3) is 0 Å². The van der Waals surface area contributed by atoms with Gasteiger partial charge in [0.05, 0.1) is 6.61 Å². The van der Waals surface area contributed by atoms with Gasteiger partial charge in [-0.25, -0.2) is 0 Å². The number of benzene rings is 2. The van der Waals surface area contributed by atoms with Crippen molar-refractivity contribution < 1.29 is 29.0 Å². The molecule has 2 rings (SSSR count). The van der Waals surface area contributed by atoms with E-state index in [-0.39, 0.29) is 24.3 Å². The molecule has 7 nitrogen and oxygen atoms in total. The first-order valence-corrected chi connectivity index (χ1v) is 9.77. The molecule has 2 unspecified atom stereocenters. The monoisotopic (exact) mass is 379 g/mol. The number of phenolic OH excluding ortho intramolecular Hbond substituents is 1. The molecular formula is C18H22NO6P. The van der Waals surface area contributed by atoms with E-state index in [1.54, 1.807) is 43.3 Å². The maximum absolute atomic E-state index is 12.6. The summed E-state index contributed by atoms with van der Waals surface area (Å²) in [4.78, 5) is 22.0. The minimum absolute atomic E-state index is 0.0318. The van der Waals surface area contributed by atoms with Gasteiger partial charge >= 0.3 is 13.6 Å². The normalized spacial score (nSPS) is 15.8. The number of hydrogen-bond donors (Lipinski definition) is 4. The quantitative estimate of drug-likeness (QED) is 0.495. The van der Waals surface area contributed by atoms with Gasteiger partial charge in [0.2, 0.25) is 0 Å². The molecule has 0 aliphatic carbocycles. The van der Waals surface area contributed by atoms with Gasteiger partial charge in [-0.1, -0.05) is 48.5 Å². The fourth-order valence-electron chi connectivity index (χ4n) is 2.60. The standard InChI is InChI=1S/C18H22NO6P/c1-2-25-26(23,24)17(14-10-6-7-11-16(14)20)19-15(18(21)22)12-13-8-4-3-5-9-13/h3-11,15,17,19-20H,2,12H2,1H3,(H,21,22)(H,23,24)/t15-,17?/m0/s1. The summed E-state index contributed by atoms with van der Waals surface area (Å²) in [6.45, 7) is 1.53. The van der Waals surface area contributed by atoms with Crippen LogP contribution >= 0.6 is 7.60 Å². The Balaban J connectivity index is 2.36. The molecule has 2 aromatic carbocycles. The van der Waals surface area contributed by atoms with Crippen molar-refractivity contribution >= 4 is 13.6 Å². The third-order valence-electron chi connectivity index (χ3n) is 3.81. The number of nitrogens with one attached hydrogen (secondary N) is 1. The lowest BCUT2D eigenvalue weighted by Crippen LogP contribution is -2.41. The Morgan fingerprint density at radius 1 is 1.15 bits per heavy atom. The summed E-state index contributed by atoms with van der Waals surface area (Å²) >= 11 is 0. The molecule has 0 amide bonds. The summed E-state index contributed by atoms with van der Waals surface area (Å²) in [5, 5.41) is 22.3. The first-order valence-electron chi connectivity index (χ1n) is 8.13. The molecule has 0 aliphatic rings. The van der Waals surface area contributed by atoms with Crippen LogP contribution in [0.2, 0.25) is 0 Å². The Labute approximate surface area is 151 Å². The van der Waals surface area contributed by atoms with Crippen LogP contribution in [0.3, 0.4) is 0 Å². The van der Waals surface area contributed by atoms with Crippen LogP contribution < -0.4 is 5.32 Å². The van der Waals surface area contributed by atoms with Crippen molar-refractivity contribution in [2.45, 2.75) is 25.2 Å². The molecule has 26 heavy (non-hydrogen) atoms. The van der Waals surface area contributed by atoms with Crippen molar-refractivity contribution in [1.82, 2.24) is 5.32 Å². The Kier molecular flexibility index (Phi) is 6.94. The highest BCUT2D eigenvalue weighted by Gasteiger charge is 2.38. The van der Waals surface area contributed by atoms with E-state index in [1.807, 2.05) is 6.07 Å². The average molecular weight is 379 g/mol. The molecule has 0 bridgehead atoms. The topological polar surface area (TPSA) is 116 Å². The summed E-state index contributed by atoms with van der Waals surface area (Å²) < 4.78 is 17.6. The van der Waals surface area contributed by atoms with E-state index in [0.717, 1.165) is 5.56 Å². The molecule has 0 fully saturated rings. The number of hydrogen-bond acceptors (Lipinski definition) is 5. The Hall–Kier alpha value is -2.18. The van der Waals surface area contributed by atoms with Gasteiger partial charge in [0.1, 0.15) is 17.6 Å². The summed E-state index contributed by atoms with van der Waals surface area (Å²) in [6, 6.07) is 13.7. The number of aromatic hydroxyl groups is 1. The second kappa shape index (κ2) is 8.96. The molecule has 4 N–H and O–H groups in total. The minimum atomic E-state index is -4.28. The molecule has 0 saturated carbocycles. The maximum atomic E-state index is 12.6. The van der Waals surface area contributed by atoms with Crippen LogP contribution in [0.4, 0.5) is 0 Å². The number of aliphatic carboxylic acids is 1. The first kappa shape index (κ1) is 20.1. The molecule has 0 heterocycles. The number of carboxylic acids is 1. The number of carboxylic acid groups (broad SMARTS) is 1. The van der Waals surface area contributed by atoms with Crippen molar-refractivity contribution in [3.63, 3.8) is 0 Å². The van der Waals surface area contributed by atoms with Gasteiger partial charge in [0.15, 0.2) is 0 Å². The van der Waals surface area contributed by atoms with Gasteiger partial charge < -0.3 is 19.6 Å². The largest absolute Gasteiger partial charge is 0.508 e. The van der Waals surface area contributed by atoms with E-state index in [1.165, 1.54) is 12.1 Å². The van der Waals surface area contributed by atoms with Gasteiger partial charge in [-0.3, -0.25) is 14.7 Å². The molecular weight excluding hydrogens is 357 g/mol. The van der Waals surface area contributed by atoms with Crippen LogP contribution in [-0.4, -0.2) is 33.7 Å². The lowest BCUT2D eigenvalue weighted by atomic mass is 10.1. The summed E-state index contributed by atoms with van der Waals surface area (Å²) in [5.74, 6) is -2.78. The Morgan fingerprint density at radius 2 is 1.77 bits per heavy atom. The number of para-hydroxylation sites is 1. The fraction of sp³-hybridized carbons (Fsp3) is 0.278. The van der Waals surface area contributed by atoms with E-state index < -0.39 is 25.4 Å². The van der Waals surface area contributed by atoms with Gasteiger partial charge in [-0.05, 0) is 25.0 Å². The molecule has 0 aliphatic heterocycles. The van der Waals surface area contributed by atoms with Crippen molar-refractivity contribution in [1.29, 1.82) is 0 Å². The number of rotatable bonds is 9. The van der Waals surface area contributed by atoms with E-state index in [2.05, 4.69) is 5.32 Å². The van der Waals surface area contributed by atoms with Crippen LogP contribution in [0.15, 0.2) is 54.6 Å².